The Bertz CT molecular complexity index is 357. The Hall–Kier alpha value is -0.910. The second-order valence-electron chi connectivity index (χ2n) is 4.98. The van der Waals surface area contributed by atoms with Gasteiger partial charge in [0.1, 0.15) is 6.61 Å². The fourth-order valence-electron chi connectivity index (χ4n) is 2.37. The summed E-state index contributed by atoms with van der Waals surface area (Å²) >= 11 is 0. The second kappa shape index (κ2) is 6.31. The molecule has 5 heteroatoms. The lowest BCUT2D eigenvalue weighted by atomic mass is 10.0. The molecule has 1 fully saturated rings. The van der Waals surface area contributed by atoms with Gasteiger partial charge in [0, 0.05) is 12.6 Å². The summed E-state index contributed by atoms with van der Waals surface area (Å²) in [6.45, 7) is 5.38. The Kier molecular flexibility index (Phi) is 4.74. The highest BCUT2D eigenvalue weighted by atomic mass is 16.5. The van der Waals surface area contributed by atoms with Gasteiger partial charge in [0.25, 0.3) is 0 Å². The van der Waals surface area contributed by atoms with Crippen molar-refractivity contribution in [3.8, 4) is 0 Å². The number of aromatic nitrogens is 1. The standard InChI is InChI=1S/C13H22N2O3/c1-9-4-12(5-10(2)17-9)16-8-13-6-11(7-14-3)15-18-13/h6,9-10,12,14H,4-5,7-8H2,1-3H3. The van der Waals surface area contributed by atoms with Crippen LogP contribution in [0.15, 0.2) is 10.6 Å². The van der Waals surface area contributed by atoms with Crippen LogP contribution in [0.25, 0.3) is 0 Å². The summed E-state index contributed by atoms with van der Waals surface area (Å²) in [5.74, 6) is 0.784. The molecule has 2 rings (SSSR count). The molecule has 1 aliphatic heterocycles. The molecule has 2 heterocycles. The zero-order valence-corrected chi connectivity index (χ0v) is 11.3. The van der Waals surface area contributed by atoms with Gasteiger partial charge in [0.15, 0.2) is 5.76 Å². The third-order valence-corrected chi connectivity index (χ3v) is 3.08. The highest BCUT2D eigenvalue weighted by Gasteiger charge is 2.25. The molecule has 0 bridgehead atoms. The molecule has 18 heavy (non-hydrogen) atoms. The van der Waals surface area contributed by atoms with Gasteiger partial charge in [0.05, 0.1) is 24.0 Å². The van der Waals surface area contributed by atoms with Gasteiger partial charge in [-0.15, -0.1) is 0 Å². The van der Waals surface area contributed by atoms with Crippen LogP contribution in [0.5, 0.6) is 0 Å². The van der Waals surface area contributed by atoms with Crippen molar-refractivity contribution in [3.63, 3.8) is 0 Å². The topological polar surface area (TPSA) is 56.5 Å². The number of hydrogen-bond donors (Lipinski definition) is 1. The summed E-state index contributed by atoms with van der Waals surface area (Å²) in [6, 6.07) is 1.93. The van der Waals surface area contributed by atoms with E-state index in [9.17, 15) is 0 Å². The number of hydrogen-bond acceptors (Lipinski definition) is 5. The smallest absolute Gasteiger partial charge is 0.162 e. The lowest BCUT2D eigenvalue weighted by molar-refractivity contribution is -0.108. The van der Waals surface area contributed by atoms with Crippen LogP contribution in [0.1, 0.15) is 38.1 Å². The van der Waals surface area contributed by atoms with Crippen LogP contribution < -0.4 is 5.32 Å². The minimum atomic E-state index is 0.251. The van der Waals surface area contributed by atoms with Crippen LogP contribution in [0, 0.1) is 0 Å². The van der Waals surface area contributed by atoms with E-state index in [0.29, 0.717) is 6.61 Å². The molecule has 0 aliphatic carbocycles. The van der Waals surface area contributed by atoms with E-state index in [1.54, 1.807) is 0 Å². The van der Waals surface area contributed by atoms with Crippen molar-refractivity contribution in [1.29, 1.82) is 0 Å². The van der Waals surface area contributed by atoms with E-state index in [4.69, 9.17) is 14.0 Å². The van der Waals surface area contributed by atoms with Gasteiger partial charge in [-0.1, -0.05) is 5.16 Å². The molecule has 5 nitrogen and oxygen atoms in total. The molecule has 0 amide bonds. The van der Waals surface area contributed by atoms with Crippen molar-refractivity contribution < 1.29 is 14.0 Å². The maximum atomic E-state index is 5.87. The van der Waals surface area contributed by atoms with Gasteiger partial charge in [-0.05, 0) is 33.7 Å². The van der Waals surface area contributed by atoms with Crippen molar-refractivity contribution in [2.24, 2.45) is 0 Å². The van der Waals surface area contributed by atoms with Crippen molar-refractivity contribution >= 4 is 0 Å². The first-order valence-electron chi connectivity index (χ1n) is 6.53. The summed E-state index contributed by atoms with van der Waals surface area (Å²) in [5, 5.41) is 6.99. The first-order chi connectivity index (χ1) is 8.67. The van der Waals surface area contributed by atoms with E-state index < -0.39 is 0 Å². The van der Waals surface area contributed by atoms with Crippen molar-refractivity contribution in [2.75, 3.05) is 7.05 Å². The summed E-state index contributed by atoms with van der Waals surface area (Å²) < 4.78 is 16.8. The van der Waals surface area contributed by atoms with Crippen LogP contribution in [0.4, 0.5) is 0 Å². The molecule has 0 aromatic carbocycles. The Labute approximate surface area is 108 Å². The molecule has 0 saturated carbocycles. The maximum absolute atomic E-state index is 5.87. The molecule has 1 saturated heterocycles. The van der Waals surface area contributed by atoms with Crippen LogP contribution in [-0.4, -0.2) is 30.5 Å². The van der Waals surface area contributed by atoms with Gasteiger partial charge >= 0.3 is 0 Å². The molecular formula is C13H22N2O3. The van der Waals surface area contributed by atoms with Gasteiger partial charge in [-0.25, -0.2) is 0 Å². The Morgan fingerprint density at radius 3 is 2.78 bits per heavy atom. The van der Waals surface area contributed by atoms with E-state index in [2.05, 4.69) is 24.3 Å². The summed E-state index contributed by atoms with van der Waals surface area (Å²) in [5.41, 5.74) is 0.907. The van der Waals surface area contributed by atoms with Gasteiger partial charge in [0.2, 0.25) is 0 Å². The molecule has 2 atom stereocenters. The molecule has 1 aromatic rings. The number of rotatable bonds is 5. The Balaban J connectivity index is 1.79. The Morgan fingerprint density at radius 1 is 1.39 bits per heavy atom. The fourth-order valence-corrected chi connectivity index (χ4v) is 2.37. The maximum Gasteiger partial charge on any atom is 0.162 e. The van der Waals surface area contributed by atoms with E-state index >= 15 is 0 Å². The highest BCUT2D eigenvalue weighted by molar-refractivity contribution is 5.04. The molecule has 1 N–H and O–H groups in total. The minimum absolute atomic E-state index is 0.251. The molecule has 1 aliphatic rings. The van der Waals surface area contributed by atoms with E-state index in [1.807, 2.05) is 13.1 Å². The van der Waals surface area contributed by atoms with Gasteiger partial charge in [-0.2, -0.15) is 0 Å². The molecule has 0 radical (unpaired) electrons. The third kappa shape index (κ3) is 3.80. The van der Waals surface area contributed by atoms with Crippen LogP contribution in [0.3, 0.4) is 0 Å². The first-order valence-corrected chi connectivity index (χ1v) is 6.53. The summed E-state index contributed by atoms with van der Waals surface area (Å²) in [4.78, 5) is 0. The summed E-state index contributed by atoms with van der Waals surface area (Å²) in [6.07, 6.45) is 2.69. The van der Waals surface area contributed by atoms with Gasteiger partial charge < -0.3 is 19.3 Å². The van der Waals surface area contributed by atoms with E-state index in [1.165, 1.54) is 0 Å². The lowest BCUT2D eigenvalue weighted by Gasteiger charge is -2.31. The fraction of sp³-hybridized carbons (Fsp3) is 0.769. The third-order valence-electron chi connectivity index (χ3n) is 3.08. The average molecular weight is 254 g/mol. The normalized spacial score (nSPS) is 28.5. The van der Waals surface area contributed by atoms with E-state index in [-0.39, 0.29) is 18.3 Å². The minimum Gasteiger partial charge on any atom is -0.375 e. The van der Waals surface area contributed by atoms with Crippen LogP contribution in [0.2, 0.25) is 0 Å². The SMILES string of the molecule is CNCc1cc(COC2CC(C)OC(C)C2)on1. The number of nitrogens with zero attached hydrogens (tertiary/aromatic N) is 1. The first kappa shape index (κ1) is 13.5. The molecular weight excluding hydrogens is 232 g/mol. The van der Waals surface area contributed by atoms with Gasteiger partial charge in [-0.3, -0.25) is 0 Å². The molecule has 102 valence electrons. The van der Waals surface area contributed by atoms with Crippen molar-refractivity contribution in [2.45, 2.75) is 58.2 Å². The quantitative estimate of drug-likeness (QED) is 0.869. The molecule has 2 unspecified atom stereocenters. The largest absolute Gasteiger partial charge is 0.375 e. The molecule has 1 aromatic heterocycles. The number of nitrogens with one attached hydrogen (secondary N) is 1. The lowest BCUT2D eigenvalue weighted by Crippen LogP contribution is -2.33. The van der Waals surface area contributed by atoms with E-state index in [0.717, 1.165) is 30.8 Å². The van der Waals surface area contributed by atoms with Crippen LogP contribution >= 0.6 is 0 Å². The second-order valence-corrected chi connectivity index (χ2v) is 4.98. The zero-order valence-electron chi connectivity index (χ0n) is 11.3. The zero-order chi connectivity index (χ0) is 13.0. The van der Waals surface area contributed by atoms with Crippen molar-refractivity contribution in [1.82, 2.24) is 10.5 Å². The highest BCUT2D eigenvalue weighted by Crippen LogP contribution is 2.22. The van der Waals surface area contributed by atoms with Crippen LogP contribution in [-0.2, 0) is 22.6 Å². The number of ether oxygens (including phenoxy) is 2. The Morgan fingerprint density at radius 2 is 2.11 bits per heavy atom. The van der Waals surface area contributed by atoms with Crippen molar-refractivity contribution in [3.05, 3.63) is 17.5 Å². The predicted octanol–water partition coefficient (Wildman–Crippen LogP) is 1.87. The monoisotopic (exact) mass is 254 g/mol. The molecule has 0 spiro atoms. The average Bonchev–Trinajstić information content (AvgIpc) is 2.74. The summed E-state index contributed by atoms with van der Waals surface area (Å²) in [7, 11) is 1.88. The predicted molar refractivity (Wildman–Crippen MR) is 67.1 cm³/mol.